The molecule has 2 aromatic carbocycles. The number of rotatable bonds is 4. The SMILES string of the molecule is CC(C)(C)c1cc(C(C)(C)C)cc(C(C)(C)c2cc(C(C)(C)C)cc(C(C)(C)C)c2)c1.CC1CC2C3CCCCC3CCC2C1C(C)(C)C1C(C)CC2C3CCCCC3CCC21. The lowest BCUT2D eigenvalue weighted by Gasteiger charge is -2.52. The Balaban J connectivity index is 0.000000186. The molecule has 0 bridgehead atoms. The van der Waals surface area contributed by atoms with Crippen LogP contribution in [0.25, 0.3) is 0 Å². The fourth-order valence-electron chi connectivity index (χ4n) is 16.4. The molecule has 6 fully saturated rings. The summed E-state index contributed by atoms with van der Waals surface area (Å²) in [5, 5.41) is 0. The van der Waals surface area contributed by atoms with E-state index in [2.05, 4.69) is 161 Å². The van der Waals surface area contributed by atoms with Crippen molar-refractivity contribution in [1.29, 1.82) is 0 Å². The van der Waals surface area contributed by atoms with Crippen LogP contribution in [0.1, 0.15) is 248 Å². The highest BCUT2D eigenvalue weighted by Crippen LogP contribution is 2.67. The van der Waals surface area contributed by atoms with E-state index in [4.69, 9.17) is 0 Å². The molecule has 6 aliphatic rings. The molecule has 62 heavy (non-hydrogen) atoms. The van der Waals surface area contributed by atoms with Crippen LogP contribution in [0.4, 0.5) is 0 Å². The van der Waals surface area contributed by atoms with Gasteiger partial charge in [-0.2, -0.15) is 0 Å². The van der Waals surface area contributed by atoms with Crippen molar-refractivity contribution in [3.8, 4) is 0 Å². The summed E-state index contributed by atoms with van der Waals surface area (Å²) in [7, 11) is 0. The van der Waals surface area contributed by atoms with Gasteiger partial charge in [0.2, 0.25) is 0 Å². The average Bonchev–Trinajstić information content (AvgIpc) is 3.73. The van der Waals surface area contributed by atoms with Crippen molar-refractivity contribution in [3.05, 3.63) is 69.8 Å². The summed E-state index contributed by atoms with van der Waals surface area (Å²) < 4.78 is 0. The molecular formula is C62H100. The first-order valence-corrected chi connectivity index (χ1v) is 26.9. The number of benzene rings is 2. The molecule has 0 N–H and O–H groups in total. The molecule has 0 nitrogen and oxygen atoms in total. The van der Waals surface area contributed by atoms with Gasteiger partial charge in [-0.15, -0.1) is 0 Å². The first-order chi connectivity index (χ1) is 28.6. The Morgan fingerprint density at radius 3 is 0.919 bits per heavy atom. The number of fused-ring (bicyclic) bond motifs is 6. The molecule has 8 rings (SSSR count). The minimum atomic E-state index is -0.0808. The van der Waals surface area contributed by atoms with Gasteiger partial charge in [-0.05, 0) is 183 Å². The van der Waals surface area contributed by atoms with Crippen LogP contribution in [-0.2, 0) is 27.1 Å². The molecule has 2 aromatic rings. The third-order valence-corrected chi connectivity index (χ3v) is 19.8. The Bertz CT molecular complexity index is 1640. The van der Waals surface area contributed by atoms with E-state index in [1.54, 1.807) is 77.0 Å². The Hall–Kier alpha value is -1.56. The van der Waals surface area contributed by atoms with Crippen LogP contribution in [-0.4, -0.2) is 0 Å². The van der Waals surface area contributed by atoms with Gasteiger partial charge >= 0.3 is 0 Å². The van der Waals surface area contributed by atoms with Gasteiger partial charge in [-0.3, -0.25) is 0 Å². The highest BCUT2D eigenvalue weighted by Gasteiger charge is 2.60. The number of hydrogen-bond acceptors (Lipinski definition) is 0. The van der Waals surface area contributed by atoms with Crippen molar-refractivity contribution >= 4 is 0 Å². The quantitative estimate of drug-likeness (QED) is 0.288. The molecular weight excluding hydrogens is 745 g/mol. The van der Waals surface area contributed by atoms with E-state index in [9.17, 15) is 0 Å². The lowest BCUT2D eigenvalue weighted by molar-refractivity contribution is -0.0358. The van der Waals surface area contributed by atoms with Gasteiger partial charge in [0.05, 0.1) is 0 Å². The van der Waals surface area contributed by atoms with Crippen molar-refractivity contribution in [2.75, 3.05) is 0 Å². The van der Waals surface area contributed by atoms with Crippen molar-refractivity contribution < 1.29 is 0 Å². The maximum absolute atomic E-state index is 2.79. The van der Waals surface area contributed by atoms with Gasteiger partial charge < -0.3 is 0 Å². The van der Waals surface area contributed by atoms with Gasteiger partial charge in [0.25, 0.3) is 0 Å². The third-order valence-electron chi connectivity index (χ3n) is 19.8. The fraction of sp³-hybridized carbons (Fsp3) is 0.806. The van der Waals surface area contributed by atoms with Crippen LogP contribution in [0.5, 0.6) is 0 Å². The van der Waals surface area contributed by atoms with Gasteiger partial charge in [-0.25, -0.2) is 0 Å². The second-order valence-electron chi connectivity index (χ2n) is 28.7. The predicted octanol–water partition coefficient (Wildman–Crippen LogP) is 18.2. The van der Waals surface area contributed by atoms with Crippen molar-refractivity contribution in [2.24, 2.45) is 76.4 Å². The molecule has 0 heterocycles. The largest absolute Gasteiger partial charge is 0.0622 e. The molecule has 6 aliphatic carbocycles. The van der Waals surface area contributed by atoms with E-state index in [0.717, 1.165) is 71.0 Å². The highest BCUT2D eigenvalue weighted by atomic mass is 14.6. The molecule has 0 radical (unpaired) electrons. The summed E-state index contributed by atoms with van der Waals surface area (Å²) in [5.74, 6) is 12.8. The van der Waals surface area contributed by atoms with Crippen LogP contribution >= 0.6 is 0 Å². The Labute approximate surface area is 386 Å². The van der Waals surface area contributed by atoms with E-state index in [0.29, 0.717) is 5.41 Å². The molecule has 0 spiro atoms. The second kappa shape index (κ2) is 17.3. The van der Waals surface area contributed by atoms with Crippen LogP contribution in [0.15, 0.2) is 36.4 Å². The summed E-state index contributed by atoms with van der Waals surface area (Å²) in [6, 6.07) is 14.7. The van der Waals surface area contributed by atoms with Crippen LogP contribution < -0.4 is 0 Å². The van der Waals surface area contributed by atoms with Crippen LogP contribution in [0.3, 0.4) is 0 Å². The van der Waals surface area contributed by atoms with Gasteiger partial charge in [-0.1, -0.05) is 200 Å². The van der Waals surface area contributed by atoms with Gasteiger partial charge in [0.1, 0.15) is 0 Å². The summed E-state index contributed by atoms with van der Waals surface area (Å²) in [6.07, 6.45) is 22.0. The lowest BCUT2D eigenvalue weighted by atomic mass is 9.53. The van der Waals surface area contributed by atoms with Gasteiger partial charge in [0, 0.05) is 5.41 Å². The van der Waals surface area contributed by atoms with E-state index >= 15 is 0 Å². The molecule has 12 unspecified atom stereocenters. The third kappa shape index (κ3) is 9.50. The molecule has 0 heteroatoms. The molecule has 12 atom stereocenters. The summed E-state index contributed by atoms with van der Waals surface area (Å²) in [4.78, 5) is 0. The summed E-state index contributed by atoms with van der Waals surface area (Å²) in [5.41, 5.74) is 9.47. The molecule has 0 saturated heterocycles. The Morgan fingerprint density at radius 1 is 0.323 bits per heavy atom. The maximum Gasteiger partial charge on any atom is 0.0146 e. The first-order valence-electron chi connectivity index (χ1n) is 26.9. The van der Waals surface area contributed by atoms with E-state index in [1.165, 1.54) is 46.2 Å². The van der Waals surface area contributed by atoms with E-state index in [-0.39, 0.29) is 27.1 Å². The van der Waals surface area contributed by atoms with Crippen molar-refractivity contribution in [2.45, 2.75) is 242 Å². The summed E-state index contributed by atoms with van der Waals surface area (Å²) in [6.45, 7) is 43.6. The predicted molar refractivity (Wildman–Crippen MR) is 271 cm³/mol. The zero-order chi connectivity index (χ0) is 45.5. The topological polar surface area (TPSA) is 0 Å². The Kier molecular flexibility index (Phi) is 13.5. The van der Waals surface area contributed by atoms with E-state index in [1.807, 2.05) is 0 Å². The van der Waals surface area contributed by atoms with Crippen molar-refractivity contribution in [1.82, 2.24) is 0 Å². The fourth-order valence-corrected chi connectivity index (χ4v) is 16.4. The number of hydrogen-bond donors (Lipinski definition) is 0. The van der Waals surface area contributed by atoms with Gasteiger partial charge in [0.15, 0.2) is 0 Å². The smallest absolute Gasteiger partial charge is 0.0146 e. The molecule has 348 valence electrons. The van der Waals surface area contributed by atoms with Crippen LogP contribution in [0, 0.1) is 76.4 Å². The van der Waals surface area contributed by atoms with Crippen molar-refractivity contribution in [3.63, 3.8) is 0 Å². The lowest BCUT2D eigenvalue weighted by Crippen LogP contribution is -2.46. The normalized spacial score (nSPS) is 34.4. The second-order valence-corrected chi connectivity index (χ2v) is 28.7. The average molecular weight is 845 g/mol. The molecule has 6 saturated carbocycles. The molecule has 0 aromatic heterocycles. The minimum absolute atomic E-state index is 0.0808. The Morgan fingerprint density at radius 2 is 0.613 bits per heavy atom. The highest BCUT2D eigenvalue weighted by molar-refractivity contribution is 5.48. The molecule has 0 amide bonds. The molecule has 0 aliphatic heterocycles. The zero-order valence-electron chi connectivity index (χ0n) is 44.3. The monoisotopic (exact) mass is 845 g/mol. The summed E-state index contributed by atoms with van der Waals surface area (Å²) >= 11 is 0. The first kappa shape index (κ1) is 48.4. The maximum atomic E-state index is 2.79. The minimum Gasteiger partial charge on any atom is -0.0622 e. The van der Waals surface area contributed by atoms with Crippen LogP contribution in [0.2, 0.25) is 0 Å². The standard InChI is InChI=1S/C31H52.C31H48/c1-19-17-27-23-11-7-5-9-21(23)13-15-25(27)29(19)31(3,4)30-20(2)18-28-24-12-8-6-10-22(24)14-16-26(28)30;1-27(2,3)21-15-22(28(4,5)6)18-25(17-21)31(13,14)26-19-23(29(7,8)9)16-24(20-26)30(10,11)12/h19-30H,5-18H2,1-4H3;15-20H,1-14H3. The zero-order valence-corrected chi connectivity index (χ0v) is 44.3. The van der Waals surface area contributed by atoms with E-state index < -0.39 is 0 Å².